The maximum atomic E-state index is 12.2. The van der Waals surface area contributed by atoms with Crippen LogP contribution in [0.2, 0.25) is 0 Å². The zero-order chi connectivity index (χ0) is 20.3. The number of amides is 1. The van der Waals surface area contributed by atoms with Gasteiger partial charge in [-0.15, -0.1) is 0 Å². The number of piperidine rings is 1. The Morgan fingerprint density at radius 2 is 2.14 bits per heavy atom. The summed E-state index contributed by atoms with van der Waals surface area (Å²) >= 11 is 0. The lowest BCUT2D eigenvalue weighted by atomic mass is 10.1. The molecule has 7 nitrogen and oxygen atoms in total. The third kappa shape index (κ3) is 5.14. The van der Waals surface area contributed by atoms with E-state index in [1.165, 1.54) is 0 Å². The zero-order valence-electron chi connectivity index (χ0n) is 17.8. The second-order valence-corrected chi connectivity index (χ2v) is 8.70. The second kappa shape index (κ2) is 8.37. The van der Waals surface area contributed by atoms with Gasteiger partial charge in [-0.05, 0) is 53.4 Å². The van der Waals surface area contributed by atoms with Gasteiger partial charge in [0.2, 0.25) is 0 Å². The first kappa shape index (κ1) is 20.4. The Kier molecular flexibility index (Phi) is 6.10. The molecule has 0 radical (unpaired) electrons. The van der Waals surface area contributed by atoms with E-state index < -0.39 is 5.60 Å². The Hall–Kier alpha value is -2.31. The number of unbranched alkanes of at least 4 members (excludes halogenated alkanes) is 1. The van der Waals surface area contributed by atoms with Crippen LogP contribution in [0.1, 0.15) is 64.8 Å². The predicted molar refractivity (Wildman–Crippen MR) is 111 cm³/mol. The summed E-state index contributed by atoms with van der Waals surface area (Å²) in [4.78, 5) is 19.1. The average Bonchev–Trinajstić information content (AvgIpc) is 3.00. The molecule has 1 saturated heterocycles. The highest BCUT2D eigenvalue weighted by Crippen LogP contribution is 2.23. The van der Waals surface area contributed by atoms with Crippen molar-refractivity contribution in [2.75, 3.05) is 18.0 Å². The van der Waals surface area contributed by atoms with Gasteiger partial charge in [-0.1, -0.05) is 13.3 Å². The minimum Gasteiger partial charge on any atom is -0.444 e. The van der Waals surface area contributed by atoms with Gasteiger partial charge in [0.15, 0.2) is 5.65 Å². The van der Waals surface area contributed by atoms with E-state index in [1.807, 2.05) is 32.2 Å². The van der Waals surface area contributed by atoms with Gasteiger partial charge in [0, 0.05) is 37.0 Å². The molecule has 1 atom stereocenters. The van der Waals surface area contributed by atoms with Crippen molar-refractivity contribution in [2.24, 2.45) is 0 Å². The van der Waals surface area contributed by atoms with E-state index in [2.05, 4.69) is 34.3 Å². The number of carbonyl (C=O) groups excluding carboxylic acids is 1. The fraction of sp³-hybridized carbons (Fsp3) is 0.667. The normalized spacial score (nSPS) is 17.8. The first-order valence-electron chi connectivity index (χ1n) is 10.4. The number of alkyl carbamates (subject to hydrolysis) is 1. The van der Waals surface area contributed by atoms with Gasteiger partial charge in [0.1, 0.15) is 11.4 Å². The van der Waals surface area contributed by atoms with E-state index in [4.69, 9.17) is 9.84 Å². The monoisotopic (exact) mass is 387 g/mol. The van der Waals surface area contributed by atoms with Gasteiger partial charge in [-0.25, -0.2) is 9.78 Å². The van der Waals surface area contributed by atoms with Gasteiger partial charge < -0.3 is 15.0 Å². The lowest BCUT2D eigenvalue weighted by molar-refractivity contribution is 0.0500. The van der Waals surface area contributed by atoms with Crippen LogP contribution in [0.25, 0.3) is 5.65 Å². The highest BCUT2D eigenvalue weighted by atomic mass is 16.6. The molecule has 1 fully saturated rings. The molecule has 154 valence electrons. The summed E-state index contributed by atoms with van der Waals surface area (Å²) in [5.74, 6) is 1.04. The van der Waals surface area contributed by atoms with Gasteiger partial charge >= 0.3 is 6.09 Å². The number of anilines is 1. The summed E-state index contributed by atoms with van der Waals surface area (Å²) in [5.41, 5.74) is 2.47. The van der Waals surface area contributed by atoms with E-state index in [0.29, 0.717) is 0 Å². The number of aromatic nitrogens is 3. The van der Waals surface area contributed by atoms with E-state index in [0.717, 1.165) is 68.0 Å². The van der Waals surface area contributed by atoms with Crippen LogP contribution < -0.4 is 10.2 Å². The predicted octanol–water partition coefficient (Wildman–Crippen LogP) is 3.87. The minimum absolute atomic E-state index is 0.0576. The lowest BCUT2D eigenvalue weighted by Gasteiger charge is -2.35. The van der Waals surface area contributed by atoms with Gasteiger partial charge in [0.05, 0.1) is 5.69 Å². The van der Waals surface area contributed by atoms with E-state index in [-0.39, 0.29) is 12.1 Å². The van der Waals surface area contributed by atoms with Crippen molar-refractivity contribution in [3.63, 3.8) is 0 Å². The largest absolute Gasteiger partial charge is 0.444 e. The Balaban J connectivity index is 1.77. The van der Waals surface area contributed by atoms with E-state index >= 15 is 0 Å². The van der Waals surface area contributed by atoms with Crippen LogP contribution in [0.3, 0.4) is 0 Å². The molecule has 3 heterocycles. The standard InChI is InChI=1S/C21H33N5O2/c1-6-7-9-16-13-18-22-15(2)12-19(26(18)24-16)25-11-8-10-17(14-25)23-20(27)28-21(3,4)5/h12-13,17H,6-11,14H2,1-5H3,(H,23,27). The highest BCUT2D eigenvalue weighted by molar-refractivity contribution is 5.68. The molecule has 1 aliphatic heterocycles. The number of aryl methyl sites for hydroxylation is 2. The van der Waals surface area contributed by atoms with Gasteiger partial charge in [-0.2, -0.15) is 9.61 Å². The van der Waals surface area contributed by atoms with Crippen LogP contribution in [0.15, 0.2) is 12.1 Å². The quantitative estimate of drug-likeness (QED) is 0.843. The summed E-state index contributed by atoms with van der Waals surface area (Å²) in [6.45, 7) is 11.5. The Labute approximate surface area is 167 Å². The topological polar surface area (TPSA) is 71.8 Å². The molecule has 2 aromatic heterocycles. The van der Waals surface area contributed by atoms with Crippen molar-refractivity contribution in [1.29, 1.82) is 0 Å². The van der Waals surface area contributed by atoms with Crippen LogP contribution in [0.5, 0.6) is 0 Å². The molecule has 0 spiro atoms. The van der Waals surface area contributed by atoms with Gasteiger partial charge in [-0.3, -0.25) is 0 Å². The average molecular weight is 388 g/mol. The number of hydrogen-bond donors (Lipinski definition) is 1. The highest BCUT2D eigenvalue weighted by Gasteiger charge is 2.26. The molecule has 7 heteroatoms. The summed E-state index contributed by atoms with van der Waals surface area (Å²) in [6, 6.07) is 4.23. The molecule has 3 rings (SSSR count). The number of hydrogen-bond acceptors (Lipinski definition) is 5. The summed E-state index contributed by atoms with van der Waals surface area (Å²) in [6.07, 6.45) is 4.86. The second-order valence-electron chi connectivity index (χ2n) is 8.70. The summed E-state index contributed by atoms with van der Waals surface area (Å²) in [7, 11) is 0. The fourth-order valence-electron chi connectivity index (χ4n) is 3.61. The molecule has 0 aromatic carbocycles. The third-order valence-corrected chi connectivity index (χ3v) is 4.84. The number of rotatable bonds is 5. The van der Waals surface area contributed by atoms with Crippen LogP contribution in [0.4, 0.5) is 10.6 Å². The maximum absolute atomic E-state index is 12.2. The van der Waals surface area contributed by atoms with Crippen LogP contribution >= 0.6 is 0 Å². The molecule has 0 aliphatic carbocycles. The minimum atomic E-state index is -0.489. The summed E-state index contributed by atoms with van der Waals surface area (Å²) in [5, 5.41) is 7.82. The Morgan fingerprint density at radius 3 is 2.86 bits per heavy atom. The van der Waals surface area contributed by atoms with Crippen LogP contribution in [0, 0.1) is 6.92 Å². The van der Waals surface area contributed by atoms with Crippen molar-refractivity contribution in [3.05, 3.63) is 23.5 Å². The molecular formula is C21H33N5O2. The first-order chi connectivity index (χ1) is 13.2. The molecule has 0 bridgehead atoms. The molecular weight excluding hydrogens is 354 g/mol. The fourth-order valence-corrected chi connectivity index (χ4v) is 3.61. The van der Waals surface area contributed by atoms with Crippen molar-refractivity contribution in [3.8, 4) is 0 Å². The Bertz CT molecular complexity index is 824. The van der Waals surface area contributed by atoms with Crippen molar-refractivity contribution in [1.82, 2.24) is 19.9 Å². The smallest absolute Gasteiger partial charge is 0.407 e. The Morgan fingerprint density at radius 1 is 1.36 bits per heavy atom. The first-order valence-corrected chi connectivity index (χ1v) is 10.4. The molecule has 28 heavy (non-hydrogen) atoms. The molecule has 0 saturated carbocycles. The summed E-state index contributed by atoms with van der Waals surface area (Å²) < 4.78 is 7.37. The maximum Gasteiger partial charge on any atom is 0.407 e. The third-order valence-electron chi connectivity index (χ3n) is 4.84. The number of ether oxygens (including phenoxy) is 1. The SMILES string of the molecule is CCCCc1cc2nc(C)cc(N3CCCC(NC(=O)OC(C)(C)C)C3)n2n1. The molecule has 2 aromatic rings. The number of carbonyl (C=O) groups is 1. The molecule has 1 unspecified atom stereocenters. The number of nitrogens with zero attached hydrogens (tertiary/aromatic N) is 4. The van der Waals surface area contributed by atoms with Crippen LogP contribution in [-0.4, -0.2) is 45.4 Å². The molecule has 1 amide bonds. The lowest BCUT2D eigenvalue weighted by Crippen LogP contribution is -2.49. The number of nitrogens with one attached hydrogen (secondary N) is 1. The van der Waals surface area contributed by atoms with Crippen LogP contribution in [-0.2, 0) is 11.2 Å². The van der Waals surface area contributed by atoms with Crippen molar-refractivity contribution in [2.45, 2.75) is 78.4 Å². The number of fused-ring (bicyclic) bond motifs is 1. The van der Waals surface area contributed by atoms with Crippen molar-refractivity contribution < 1.29 is 9.53 Å². The molecule has 1 N–H and O–H groups in total. The molecule has 1 aliphatic rings. The van der Waals surface area contributed by atoms with Crippen molar-refractivity contribution >= 4 is 17.6 Å². The van der Waals surface area contributed by atoms with Gasteiger partial charge in [0.25, 0.3) is 0 Å². The zero-order valence-corrected chi connectivity index (χ0v) is 17.8. The van der Waals surface area contributed by atoms with E-state index in [9.17, 15) is 4.79 Å². The van der Waals surface area contributed by atoms with E-state index in [1.54, 1.807) is 0 Å².